The van der Waals surface area contributed by atoms with Crippen LogP contribution in [0.5, 0.6) is 0 Å². The minimum Gasteiger partial charge on any atom is -0.368 e. The van der Waals surface area contributed by atoms with Crippen molar-refractivity contribution in [3.63, 3.8) is 0 Å². The van der Waals surface area contributed by atoms with Gasteiger partial charge in [-0.3, -0.25) is 24.6 Å². The van der Waals surface area contributed by atoms with Gasteiger partial charge in [0.2, 0.25) is 5.91 Å². The second-order valence-corrected chi connectivity index (χ2v) is 4.75. The fraction of sp³-hybridized carbons (Fsp3) is 0.385. The summed E-state index contributed by atoms with van der Waals surface area (Å²) in [5.74, 6) is -0.594. The molecule has 0 spiro atoms. The fourth-order valence-corrected chi connectivity index (χ4v) is 2.26. The van der Waals surface area contributed by atoms with E-state index in [1.807, 2.05) is 0 Å². The van der Waals surface area contributed by atoms with Gasteiger partial charge in [-0.1, -0.05) is 12.1 Å². The molecule has 1 aliphatic rings. The Morgan fingerprint density at radius 1 is 1.40 bits per heavy atom. The summed E-state index contributed by atoms with van der Waals surface area (Å²) in [5.41, 5.74) is 0.781. The van der Waals surface area contributed by atoms with Gasteiger partial charge in [-0.25, -0.2) is 0 Å². The maximum absolute atomic E-state index is 12.0. The zero-order valence-electron chi connectivity index (χ0n) is 11.3. The molecule has 1 saturated heterocycles. The van der Waals surface area contributed by atoms with E-state index in [-0.39, 0.29) is 23.9 Å². The van der Waals surface area contributed by atoms with Gasteiger partial charge in [-0.2, -0.15) is 0 Å². The Morgan fingerprint density at radius 2 is 2.10 bits per heavy atom. The molecule has 7 heteroatoms. The normalized spacial score (nSPS) is 19.1. The summed E-state index contributed by atoms with van der Waals surface area (Å²) >= 11 is 0. The van der Waals surface area contributed by atoms with Crippen molar-refractivity contribution in [3.8, 4) is 0 Å². The number of rotatable bonds is 3. The second kappa shape index (κ2) is 5.28. The number of likely N-dealkylation sites (N-methyl/N-ethyl adjacent to an activating group) is 1. The number of benzene rings is 1. The molecule has 7 nitrogen and oxygen atoms in total. The Balaban J connectivity index is 2.27. The number of nitrogens with zero attached hydrogens (tertiary/aromatic N) is 2. The van der Waals surface area contributed by atoms with Crippen LogP contribution in [0.15, 0.2) is 18.2 Å². The first-order chi connectivity index (χ1) is 9.41. The van der Waals surface area contributed by atoms with E-state index in [0.29, 0.717) is 17.7 Å². The van der Waals surface area contributed by atoms with Gasteiger partial charge in [-0.05, 0) is 19.4 Å². The van der Waals surface area contributed by atoms with Crippen LogP contribution >= 0.6 is 0 Å². The van der Waals surface area contributed by atoms with Gasteiger partial charge in [0.05, 0.1) is 4.92 Å². The summed E-state index contributed by atoms with van der Waals surface area (Å²) < 4.78 is 0. The van der Waals surface area contributed by atoms with Crippen molar-refractivity contribution >= 4 is 23.2 Å². The molecule has 1 aromatic rings. The van der Waals surface area contributed by atoms with Crippen LogP contribution in [0.3, 0.4) is 0 Å². The zero-order valence-corrected chi connectivity index (χ0v) is 11.3. The number of imide groups is 1. The molecule has 0 bridgehead atoms. The lowest BCUT2D eigenvalue weighted by Gasteiger charge is -2.28. The summed E-state index contributed by atoms with van der Waals surface area (Å²) in [6, 6.07) is 4.28. The fourth-order valence-electron chi connectivity index (χ4n) is 2.26. The summed E-state index contributed by atoms with van der Waals surface area (Å²) in [7, 11) is 1.42. The Kier molecular flexibility index (Phi) is 3.69. The zero-order chi connectivity index (χ0) is 14.9. The molecule has 1 atom stereocenters. The number of nitrogens with one attached hydrogen (secondary N) is 1. The van der Waals surface area contributed by atoms with E-state index in [0.717, 1.165) is 4.90 Å². The largest absolute Gasteiger partial charge is 0.368 e. The van der Waals surface area contributed by atoms with Gasteiger partial charge in [-0.15, -0.1) is 0 Å². The Labute approximate surface area is 115 Å². The van der Waals surface area contributed by atoms with E-state index in [9.17, 15) is 19.7 Å². The molecule has 1 fully saturated rings. The maximum Gasteiger partial charge on any atom is 0.295 e. The average Bonchev–Trinajstić information content (AvgIpc) is 2.39. The van der Waals surface area contributed by atoms with Gasteiger partial charge in [0.25, 0.3) is 11.6 Å². The minimum absolute atomic E-state index is 0.0418. The number of likely N-dealkylation sites (tertiary alicyclic amines) is 1. The molecular weight excluding hydrogens is 262 g/mol. The number of piperidine rings is 1. The summed E-state index contributed by atoms with van der Waals surface area (Å²) in [5, 5.41) is 14.0. The van der Waals surface area contributed by atoms with E-state index in [4.69, 9.17) is 0 Å². The highest BCUT2D eigenvalue weighted by Crippen LogP contribution is 2.29. The molecule has 1 aliphatic heterocycles. The second-order valence-electron chi connectivity index (χ2n) is 4.75. The first kappa shape index (κ1) is 14.0. The number of nitro benzene ring substituents is 1. The van der Waals surface area contributed by atoms with Crippen molar-refractivity contribution < 1.29 is 14.5 Å². The first-order valence-electron chi connectivity index (χ1n) is 6.22. The van der Waals surface area contributed by atoms with E-state index in [1.165, 1.54) is 7.05 Å². The molecule has 2 rings (SSSR count). The molecule has 0 saturated carbocycles. The van der Waals surface area contributed by atoms with Crippen LogP contribution in [0, 0.1) is 17.0 Å². The van der Waals surface area contributed by atoms with Crippen LogP contribution in [-0.4, -0.2) is 34.7 Å². The topological polar surface area (TPSA) is 92.6 Å². The molecule has 1 unspecified atom stereocenters. The van der Waals surface area contributed by atoms with E-state index in [1.54, 1.807) is 25.1 Å². The monoisotopic (exact) mass is 277 g/mol. The molecule has 20 heavy (non-hydrogen) atoms. The number of carbonyl (C=O) groups is 2. The number of carbonyl (C=O) groups excluding carboxylic acids is 2. The number of nitro groups is 1. The van der Waals surface area contributed by atoms with E-state index >= 15 is 0 Å². The van der Waals surface area contributed by atoms with Gasteiger partial charge in [0.15, 0.2) is 0 Å². The number of anilines is 1. The number of amides is 2. The van der Waals surface area contributed by atoms with E-state index in [2.05, 4.69) is 5.32 Å². The maximum atomic E-state index is 12.0. The lowest BCUT2D eigenvalue weighted by Crippen LogP contribution is -2.48. The molecule has 1 heterocycles. The van der Waals surface area contributed by atoms with Crippen molar-refractivity contribution in [1.82, 2.24) is 4.90 Å². The van der Waals surface area contributed by atoms with Gasteiger partial charge in [0, 0.05) is 19.0 Å². The highest BCUT2D eigenvalue weighted by molar-refractivity contribution is 6.01. The van der Waals surface area contributed by atoms with Crippen molar-refractivity contribution in [2.45, 2.75) is 25.8 Å². The number of hydrogen-bond acceptors (Lipinski definition) is 5. The lowest BCUT2D eigenvalue weighted by atomic mass is 10.0. The molecule has 1 aromatic carbocycles. The van der Waals surface area contributed by atoms with Crippen molar-refractivity contribution in [3.05, 3.63) is 33.9 Å². The van der Waals surface area contributed by atoms with Crippen LogP contribution < -0.4 is 5.32 Å². The van der Waals surface area contributed by atoms with Crippen LogP contribution in [0.1, 0.15) is 18.4 Å². The molecule has 2 amide bonds. The highest BCUT2D eigenvalue weighted by Gasteiger charge is 2.33. The molecular formula is C13H15N3O4. The van der Waals surface area contributed by atoms with Gasteiger partial charge in [0.1, 0.15) is 11.7 Å². The summed E-state index contributed by atoms with van der Waals surface area (Å²) in [6.45, 7) is 1.64. The SMILES string of the molecule is Cc1cccc(NC2CCC(=O)N(C)C2=O)c1[N+](=O)[O-]. The van der Waals surface area contributed by atoms with Crippen LogP contribution in [0.4, 0.5) is 11.4 Å². The third-order valence-corrected chi connectivity index (χ3v) is 3.40. The van der Waals surface area contributed by atoms with Crippen LogP contribution in [-0.2, 0) is 9.59 Å². The predicted octanol–water partition coefficient (Wildman–Crippen LogP) is 1.46. The van der Waals surface area contributed by atoms with Crippen molar-refractivity contribution in [2.75, 3.05) is 12.4 Å². The smallest absolute Gasteiger partial charge is 0.295 e. The molecule has 1 N–H and O–H groups in total. The van der Waals surface area contributed by atoms with Crippen molar-refractivity contribution in [2.24, 2.45) is 0 Å². The van der Waals surface area contributed by atoms with Crippen LogP contribution in [0.2, 0.25) is 0 Å². The quantitative estimate of drug-likeness (QED) is 0.513. The molecule has 106 valence electrons. The number of hydrogen-bond donors (Lipinski definition) is 1. The first-order valence-corrected chi connectivity index (χ1v) is 6.22. The predicted molar refractivity (Wildman–Crippen MR) is 72.3 cm³/mol. The Morgan fingerprint density at radius 3 is 2.75 bits per heavy atom. The Hall–Kier alpha value is -2.44. The third-order valence-electron chi connectivity index (χ3n) is 3.40. The van der Waals surface area contributed by atoms with Gasteiger partial charge < -0.3 is 5.32 Å². The number of aryl methyl sites for hydroxylation is 1. The van der Waals surface area contributed by atoms with E-state index < -0.39 is 11.0 Å². The summed E-state index contributed by atoms with van der Waals surface area (Å²) in [4.78, 5) is 35.1. The lowest BCUT2D eigenvalue weighted by molar-refractivity contribution is -0.384. The minimum atomic E-state index is -0.613. The molecule has 0 aromatic heterocycles. The van der Waals surface area contributed by atoms with Gasteiger partial charge >= 0.3 is 0 Å². The molecule has 0 radical (unpaired) electrons. The Bertz CT molecular complexity index is 585. The van der Waals surface area contributed by atoms with Crippen molar-refractivity contribution in [1.29, 1.82) is 0 Å². The van der Waals surface area contributed by atoms with Crippen LogP contribution in [0.25, 0.3) is 0 Å². The highest BCUT2D eigenvalue weighted by atomic mass is 16.6. The molecule has 0 aliphatic carbocycles. The standard InChI is InChI=1S/C13H15N3O4/c1-8-4-3-5-9(12(8)16(19)20)14-10-6-7-11(17)15(2)13(10)18/h3-5,10,14H,6-7H2,1-2H3. The third kappa shape index (κ3) is 2.47. The summed E-state index contributed by atoms with van der Waals surface area (Å²) in [6.07, 6.45) is 0.590. The average molecular weight is 277 g/mol. The number of para-hydroxylation sites is 1.